The van der Waals surface area contributed by atoms with Gasteiger partial charge in [0.2, 0.25) is 5.03 Å². The SMILES string of the molecule is COc1c(C#N)cc(C(F)F)nc1S(=O)(=O)Cl. The normalized spacial score (nSPS) is 11.3. The van der Waals surface area contributed by atoms with Crippen molar-refractivity contribution in [2.75, 3.05) is 7.11 Å². The Balaban J connectivity index is 3.68. The van der Waals surface area contributed by atoms with Crippen LogP contribution in [-0.4, -0.2) is 20.5 Å². The van der Waals surface area contributed by atoms with Crippen molar-refractivity contribution in [2.24, 2.45) is 0 Å². The zero-order valence-electron chi connectivity index (χ0n) is 8.32. The molecule has 0 aliphatic rings. The van der Waals surface area contributed by atoms with Crippen molar-refractivity contribution in [1.82, 2.24) is 4.98 Å². The Labute approximate surface area is 100 Å². The maximum absolute atomic E-state index is 12.4. The maximum atomic E-state index is 12.4. The van der Waals surface area contributed by atoms with Gasteiger partial charge in [0.15, 0.2) is 5.75 Å². The van der Waals surface area contributed by atoms with Crippen molar-refractivity contribution in [3.05, 3.63) is 17.3 Å². The van der Waals surface area contributed by atoms with Crippen LogP contribution < -0.4 is 4.74 Å². The summed E-state index contributed by atoms with van der Waals surface area (Å²) in [6, 6.07) is 2.28. The van der Waals surface area contributed by atoms with Gasteiger partial charge in [-0.25, -0.2) is 22.2 Å². The van der Waals surface area contributed by atoms with E-state index in [1.807, 2.05) is 0 Å². The summed E-state index contributed by atoms with van der Waals surface area (Å²) in [6.07, 6.45) is -3.02. The van der Waals surface area contributed by atoms with Crippen molar-refractivity contribution in [1.29, 1.82) is 5.26 Å². The summed E-state index contributed by atoms with van der Waals surface area (Å²) in [6.45, 7) is 0. The van der Waals surface area contributed by atoms with E-state index in [9.17, 15) is 17.2 Å². The van der Waals surface area contributed by atoms with Gasteiger partial charge in [-0.3, -0.25) is 0 Å². The van der Waals surface area contributed by atoms with Crippen molar-refractivity contribution >= 4 is 19.7 Å². The zero-order chi connectivity index (χ0) is 13.2. The molecule has 0 N–H and O–H groups in total. The van der Waals surface area contributed by atoms with Gasteiger partial charge < -0.3 is 4.74 Å². The lowest BCUT2D eigenvalue weighted by atomic mass is 10.2. The number of rotatable bonds is 3. The molecule has 0 unspecified atom stereocenters. The molecule has 0 aliphatic carbocycles. The molecule has 5 nitrogen and oxygen atoms in total. The second kappa shape index (κ2) is 4.81. The van der Waals surface area contributed by atoms with Gasteiger partial charge in [-0.2, -0.15) is 5.26 Å². The minimum atomic E-state index is -4.38. The van der Waals surface area contributed by atoms with Crippen LogP contribution in [0.3, 0.4) is 0 Å². The minimum absolute atomic E-state index is 0.378. The third kappa shape index (κ3) is 2.81. The molecule has 0 spiro atoms. The second-order valence-corrected chi connectivity index (χ2v) is 5.26. The molecule has 1 rings (SSSR count). The van der Waals surface area contributed by atoms with E-state index in [0.29, 0.717) is 0 Å². The van der Waals surface area contributed by atoms with Crippen LogP contribution in [0.4, 0.5) is 8.78 Å². The predicted molar refractivity (Wildman–Crippen MR) is 53.5 cm³/mol. The molecular weight excluding hydrogens is 278 g/mol. The van der Waals surface area contributed by atoms with Crippen LogP contribution >= 0.6 is 10.7 Å². The first-order valence-corrected chi connectivity index (χ1v) is 6.34. The summed E-state index contributed by atoms with van der Waals surface area (Å²) in [5.74, 6) is -0.452. The molecule has 92 valence electrons. The van der Waals surface area contributed by atoms with Crippen molar-refractivity contribution in [3.8, 4) is 11.8 Å². The van der Waals surface area contributed by atoms with E-state index in [1.165, 1.54) is 6.07 Å². The van der Waals surface area contributed by atoms with Crippen LogP contribution in [0.15, 0.2) is 11.1 Å². The van der Waals surface area contributed by atoms with Crippen molar-refractivity contribution in [2.45, 2.75) is 11.5 Å². The first kappa shape index (κ1) is 13.6. The van der Waals surface area contributed by atoms with Crippen LogP contribution in [0.2, 0.25) is 0 Å². The van der Waals surface area contributed by atoms with Crippen LogP contribution in [0, 0.1) is 11.3 Å². The third-order valence-electron chi connectivity index (χ3n) is 1.74. The molecule has 0 saturated carbocycles. The number of hydrogen-bond donors (Lipinski definition) is 0. The molecule has 0 atom stereocenters. The molecular formula is C8H5ClF2N2O3S. The highest BCUT2D eigenvalue weighted by Gasteiger charge is 2.25. The lowest BCUT2D eigenvalue weighted by Gasteiger charge is -2.08. The Morgan fingerprint density at radius 1 is 1.59 bits per heavy atom. The Morgan fingerprint density at radius 2 is 2.18 bits per heavy atom. The number of aromatic nitrogens is 1. The topological polar surface area (TPSA) is 80.0 Å². The predicted octanol–water partition coefficient (Wildman–Crippen LogP) is 1.83. The summed E-state index contributed by atoms with van der Waals surface area (Å²) in [5.41, 5.74) is -1.24. The summed E-state index contributed by atoms with van der Waals surface area (Å²) < 4.78 is 51.8. The second-order valence-electron chi connectivity index (χ2n) is 2.78. The van der Waals surface area contributed by atoms with Crippen molar-refractivity contribution in [3.63, 3.8) is 0 Å². The summed E-state index contributed by atoms with van der Waals surface area (Å²) >= 11 is 0. The highest BCUT2D eigenvalue weighted by Crippen LogP contribution is 2.31. The lowest BCUT2D eigenvalue weighted by molar-refractivity contribution is 0.145. The smallest absolute Gasteiger partial charge is 0.282 e. The molecule has 1 heterocycles. The largest absolute Gasteiger partial charge is 0.492 e. The monoisotopic (exact) mass is 282 g/mol. The number of nitrogens with zero attached hydrogens (tertiary/aromatic N) is 2. The minimum Gasteiger partial charge on any atom is -0.492 e. The van der Waals surface area contributed by atoms with E-state index in [0.717, 1.165) is 13.2 Å². The number of ether oxygens (including phenoxy) is 1. The molecule has 0 aliphatic heterocycles. The van der Waals surface area contributed by atoms with Crippen molar-refractivity contribution < 1.29 is 21.9 Å². The molecule has 9 heteroatoms. The standard InChI is InChI=1S/C8H5ClF2N2O3S/c1-16-6-4(3-12)2-5(7(10)11)13-8(6)17(9,14)15/h2,7H,1H3. The third-order valence-corrected chi connectivity index (χ3v) is 2.92. The Morgan fingerprint density at radius 3 is 2.53 bits per heavy atom. The Hall–Kier alpha value is -1.46. The summed E-state index contributed by atoms with van der Waals surface area (Å²) in [4.78, 5) is 3.18. The van der Waals surface area contributed by atoms with Crippen LogP contribution in [0.5, 0.6) is 5.75 Å². The Bertz CT molecular complexity index is 583. The van der Waals surface area contributed by atoms with Crippen LogP contribution in [0.1, 0.15) is 17.7 Å². The fraction of sp³-hybridized carbons (Fsp3) is 0.250. The van der Waals surface area contributed by atoms with Gasteiger partial charge in [0, 0.05) is 10.7 Å². The number of nitriles is 1. The molecule has 0 amide bonds. The molecule has 0 radical (unpaired) electrons. The average molecular weight is 283 g/mol. The first-order chi connectivity index (χ1) is 7.81. The van der Waals surface area contributed by atoms with E-state index < -0.39 is 31.9 Å². The molecule has 1 aromatic rings. The zero-order valence-corrected chi connectivity index (χ0v) is 9.89. The maximum Gasteiger partial charge on any atom is 0.282 e. The van der Waals surface area contributed by atoms with Gasteiger partial charge in [-0.05, 0) is 6.07 Å². The number of hydrogen-bond acceptors (Lipinski definition) is 5. The number of halogens is 3. The van der Waals surface area contributed by atoms with E-state index in [4.69, 9.17) is 15.9 Å². The van der Waals surface area contributed by atoms with E-state index >= 15 is 0 Å². The summed E-state index contributed by atoms with van der Waals surface area (Å²) in [7, 11) is 1.72. The van der Waals surface area contributed by atoms with E-state index in [1.54, 1.807) is 0 Å². The fourth-order valence-electron chi connectivity index (χ4n) is 1.09. The van der Waals surface area contributed by atoms with Crippen LogP contribution in [0.25, 0.3) is 0 Å². The highest BCUT2D eigenvalue weighted by atomic mass is 35.7. The Kier molecular flexibility index (Phi) is 3.85. The number of alkyl halides is 2. The summed E-state index contributed by atoms with van der Waals surface area (Å²) in [5, 5.41) is 7.81. The molecule has 0 fully saturated rings. The molecule has 17 heavy (non-hydrogen) atoms. The molecule has 0 aromatic carbocycles. The van der Waals surface area contributed by atoms with Gasteiger partial charge >= 0.3 is 0 Å². The lowest BCUT2D eigenvalue weighted by Crippen LogP contribution is -2.05. The molecule has 0 saturated heterocycles. The highest BCUT2D eigenvalue weighted by molar-refractivity contribution is 8.13. The quantitative estimate of drug-likeness (QED) is 0.790. The molecule has 0 bridgehead atoms. The number of methoxy groups -OCH3 is 1. The fourth-order valence-corrected chi connectivity index (χ4v) is 2.03. The van der Waals surface area contributed by atoms with Gasteiger partial charge in [-0.1, -0.05) is 0 Å². The van der Waals surface area contributed by atoms with E-state index in [-0.39, 0.29) is 5.56 Å². The molecule has 1 aromatic heterocycles. The van der Waals surface area contributed by atoms with Gasteiger partial charge in [0.1, 0.15) is 11.8 Å². The van der Waals surface area contributed by atoms with E-state index in [2.05, 4.69) is 9.72 Å². The number of pyridine rings is 1. The van der Waals surface area contributed by atoms with Gasteiger partial charge in [0.25, 0.3) is 15.5 Å². The first-order valence-electron chi connectivity index (χ1n) is 4.03. The van der Waals surface area contributed by atoms with Gasteiger partial charge in [-0.15, -0.1) is 0 Å². The average Bonchev–Trinajstić information content (AvgIpc) is 2.25. The van der Waals surface area contributed by atoms with Gasteiger partial charge in [0.05, 0.1) is 12.7 Å². The van der Waals surface area contributed by atoms with Crippen LogP contribution in [-0.2, 0) is 9.05 Å².